The molecular formula is C19H23Cl2N3O4S. The number of hydrogen-bond acceptors (Lipinski definition) is 5. The van der Waals surface area contributed by atoms with E-state index in [2.05, 4.69) is 5.32 Å². The van der Waals surface area contributed by atoms with Crippen molar-refractivity contribution in [2.45, 2.75) is 18.9 Å². The number of halogens is 2. The van der Waals surface area contributed by atoms with E-state index in [1.165, 1.54) is 11.8 Å². The van der Waals surface area contributed by atoms with Gasteiger partial charge in [-0.25, -0.2) is 0 Å². The minimum absolute atomic E-state index is 0.0136. The molecule has 2 saturated heterocycles. The number of hydrogen-bond donors (Lipinski definition) is 1. The largest absolute Gasteiger partial charge is 0.378 e. The van der Waals surface area contributed by atoms with Crippen LogP contribution in [0.1, 0.15) is 12.8 Å². The summed E-state index contributed by atoms with van der Waals surface area (Å²) >= 11 is 13.2. The van der Waals surface area contributed by atoms with Crippen molar-refractivity contribution in [2.24, 2.45) is 0 Å². The topological polar surface area (TPSA) is 79.0 Å². The molecule has 1 aromatic carbocycles. The van der Waals surface area contributed by atoms with Gasteiger partial charge in [-0.2, -0.15) is 0 Å². The Balaban J connectivity index is 1.49. The first-order valence-corrected chi connectivity index (χ1v) is 11.3. The number of ether oxygens (including phenoxy) is 1. The van der Waals surface area contributed by atoms with E-state index in [9.17, 15) is 14.4 Å². The van der Waals surface area contributed by atoms with Crippen molar-refractivity contribution in [3.05, 3.63) is 28.2 Å². The summed E-state index contributed by atoms with van der Waals surface area (Å²) in [7, 11) is 0. The third-order valence-electron chi connectivity index (χ3n) is 4.82. The van der Waals surface area contributed by atoms with Gasteiger partial charge in [0.1, 0.15) is 6.04 Å². The summed E-state index contributed by atoms with van der Waals surface area (Å²) in [4.78, 5) is 40.8. The highest BCUT2D eigenvalue weighted by Gasteiger charge is 2.34. The predicted octanol–water partition coefficient (Wildman–Crippen LogP) is 2.51. The molecule has 1 unspecified atom stereocenters. The monoisotopic (exact) mass is 459 g/mol. The van der Waals surface area contributed by atoms with E-state index < -0.39 is 6.04 Å². The van der Waals surface area contributed by atoms with Crippen molar-refractivity contribution >= 4 is 58.4 Å². The highest BCUT2D eigenvalue weighted by molar-refractivity contribution is 8.00. The predicted molar refractivity (Wildman–Crippen MR) is 115 cm³/mol. The van der Waals surface area contributed by atoms with E-state index in [1.807, 2.05) is 0 Å². The lowest BCUT2D eigenvalue weighted by Crippen LogP contribution is -2.44. The molecule has 0 bridgehead atoms. The number of rotatable bonds is 6. The third-order valence-corrected chi connectivity index (χ3v) is 6.16. The lowest BCUT2D eigenvalue weighted by Gasteiger charge is -2.27. The minimum atomic E-state index is -0.532. The van der Waals surface area contributed by atoms with E-state index in [0.29, 0.717) is 55.0 Å². The lowest BCUT2D eigenvalue weighted by atomic mass is 10.2. The first-order valence-electron chi connectivity index (χ1n) is 9.44. The van der Waals surface area contributed by atoms with Crippen LogP contribution in [0.3, 0.4) is 0 Å². The average Bonchev–Trinajstić information content (AvgIpc) is 3.18. The van der Waals surface area contributed by atoms with Gasteiger partial charge in [0.15, 0.2) is 0 Å². The first-order chi connectivity index (χ1) is 13.9. The summed E-state index contributed by atoms with van der Waals surface area (Å²) in [6, 6.07) is 4.27. The lowest BCUT2D eigenvalue weighted by molar-refractivity contribution is -0.134. The fourth-order valence-corrected chi connectivity index (χ4v) is 4.73. The van der Waals surface area contributed by atoms with Gasteiger partial charge in [0.25, 0.3) is 0 Å². The Morgan fingerprint density at radius 3 is 2.38 bits per heavy atom. The summed E-state index contributed by atoms with van der Waals surface area (Å²) in [6.45, 7) is 2.82. The zero-order valence-electron chi connectivity index (χ0n) is 15.9. The SMILES string of the molecule is O=C(Nc1cc(Cl)cc(Cl)c1)C1CCCN1C(=O)CSCC(=O)N1CCOCC1. The summed E-state index contributed by atoms with van der Waals surface area (Å²) in [6.07, 6.45) is 1.36. The molecule has 158 valence electrons. The fourth-order valence-electron chi connectivity index (χ4n) is 3.40. The molecule has 2 heterocycles. The Morgan fingerprint density at radius 1 is 1.03 bits per heavy atom. The molecule has 3 rings (SSSR count). The molecule has 2 aliphatic heterocycles. The van der Waals surface area contributed by atoms with Crippen molar-refractivity contribution < 1.29 is 19.1 Å². The maximum Gasteiger partial charge on any atom is 0.247 e. The Labute approximate surface area is 184 Å². The van der Waals surface area contributed by atoms with Crippen LogP contribution in [-0.4, -0.2) is 77.9 Å². The minimum Gasteiger partial charge on any atom is -0.378 e. The van der Waals surface area contributed by atoms with Crippen molar-refractivity contribution in [3.63, 3.8) is 0 Å². The quantitative estimate of drug-likeness (QED) is 0.706. The number of amides is 3. The summed E-state index contributed by atoms with van der Waals surface area (Å²) in [5, 5.41) is 3.64. The van der Waals surface area contributed by atoms with E-state index in [1.54, 1.807) is 28.0 Å². The Bertz CT molecular complexity index is 754. The van der Waals surface area contributed by atoms with Crippen LogP contribution in [0.2, 0.25) is 10.0 Å². The Kier molecular flexibility index (Phi) is 8.06. The smallest absolute Gasteiger partial charge is 0.247 e. The van der Waals surface area contributed by atoms with Crippen molar-refractivity contribution in [2.75, 3.05) is 49.7 Å². The van der Waals surface area contributed by atoms with E-state index in [-0.39, 0.29) is 29.2 Å². The average molecular weight is 460 g/mol. The number of anilines is 1. The summed E-state index contributed by atoms with van der Waals surface area (Å²) < 4.78 is 5.24. The van der Waals surface area contributed by atoms with Gasteiger partial charge in [0.2, 0.25) is 17.7 Å². The maximum atomic E-state index is 12.7. The van der Waals surface area contributed by atoms with Gasteiger partial charge in [-0.3, -0.25) is 14.4 Å². The Hall–Kier alpha value is -1.48. The number of carbonyl (C=O) groups excluding carboxylic acids is 3. The molecule has 0 radical (unpaired) electrons. The van der Waals surface area contributed by atoms with Crippen molar-refractivity contribution in [1.82, 2.24) is 9.80 Å². The van der Waals surface area contributed by atoms with Gasteiger partial charge < -0.3 is 19.9 Å². The zero-order valence-corrected chi connectivity index (χ0v) is 18.2. The zero-order chi connectivity index (χ0) is 20.8. The van der Waals surface area contributed by atoms with Gasteiger partial charge >= 0.3 is 0 Å². The third kappa shape index (κ3) is 6.25. The number of nitrogens with zero attached hydrogens (tertiary/aromatic N) is 2. The van der Waals surface area contributed by atoms with Gasteiger partial charge in [0.05, 0.1) is 24.7 Å². The molecule has 1 N–H and O–H groups in total. The van der Waals surface area contributed by atoms with Crippen LogP contribution in [0.4, 0.5) is 5.69 Å². The molecule has 0 saturated carbocycles. The highest BCUT2D eigenvalue weighted by Crippen LogP contribution is 2.25. The standard InChI is InChI=1S/C19H23Cl2N3O4S/c20-13-8-14(21)10-15(9-13)22-19(27)16-2-1-3-24(16)18(26)12-29-11-17(25)23-4-6-28-7-5-23/h8-10,16H,1-7,11-12H2,(H,22,27). The summed E-state index contributed by atoms with van der Waals surface area (Å²) in [5.74, 6) is 0.0371. The molecule has 3 amide bonds. The van der Waals surface area contributed by atoms with Crippen LogP contribution < -0.4 is 5.32 Å². The van der Waals surface area contributed by atoms with Gasteiger partial charge in [-0.05, 0) is 31.0 Å². The number of benzene rings is 1. The fraction of sp³-hybridized carbons (Fsp3) is 0.526. The highest BCUT2D eigenvalue weighted by atomic mass is 35.5. The second-order valence-electron chi connectivity index (χ2n) is 6.88. The molecule has 0 spiro atoms. The van der Waals surface area contributed by atoms with Crippen LogP contribution in [0, 0.1) is 0 Å². The number of thioether (sulfide) groups is 1. The number of likely N-dealkylation sites (tertiary alicyclic amines) is 1. The molecule has 1 atom stereocenters. The second kappa shape index (κ2) is 10.5. The normalized spacial score (nSPS) is 19.3. The van der Waals surface area contributed by atoms with E-state index >= 15 is 0 Å². The van der Waals surface area contributed by atoms with E-state index in [4.69, 9.17) is 27.9 Å². The molecule has 2 aliphatic rings. The van der Waals surface area contributed by atoms with Gasteiger partial charge in [-0.1, -0.05) is 23.2 Å². The van der Waals surface area contributed by atoms with Crippen LogP contribution in [0.25, 0.3) is 0 Å². The molecule has 0 aromatic heterocycles. The first kappa shape index (κ1) is 22.2. The van der Waals surface area contributed by atoms with E-state index in [0.717, 1.165) is 6.42 Å². The molecule has 2 fully saturated rings. The molecule has 1 aromatic rings. The number of nitrogens with one attached hydrogen (secondary N) is 1. The van der Waals surface area contributed by atoms with Gasteiger partial charge in [0, 0.05) is 35.4 Å². The maximum absolute atomic E-state index is 12.7. The molecule has 0 aliphatic carbocycles. The Morgan fingerprint density at radius 2 is 1.69 bits per heavy atom. The summed E-state index contributed by atoms with van der Waals surface area (Å²) in [5.41, 5.74) is 0.497. The van der Waals surface area contributed by atoms with Crippen LogP contribution in [-0.2, 0) is 19.1 Å². The second-order valence-corrected chi connectivity index (χ2v) is 8.74. The molecule has 10 heteroatoms. The van der Waals surface area contributed by atoms with Crippen LogP contribution in [0.15, 0.2) is 18.2 Å². The molecule has 29 heavy (non-hydrogen) atoms. The van der Waals surface area contributed by atoms with Crippen molar-refractivity contribution in [1.29, 1.82) is 0 Å². The molecule has 7 nitrogen and oxygen atoms in total. The van der Waals surface area contributed by atoms with Crippen LogP contribution in [0.5, 0.6) is 0 Å². The molecular weight excluding hydrogens is 437 g/mol. The number of morpholine rings is 1. The van der Waals surface area contributed by atoms with Gasteiger partial charge in [-0.15, -0.1) is 11.8 Å². The van der Waals surface area contributed by atoms with Crippen LogP contribution >= 0.6 is 35.0 Å². The number of carbonyl (C=O) groups is 3. The van der Waals surface area contributed by atoms with Crippen molar-refractivity contribution in [3.8, 4) is 0 Å².